The highest BCUT2D eigenvalue weighted by atomic mass is 16.6. The normalized spacial score (nSPS) is 12.0. The molecular weight excluding hydrogens is 262 g/mol. The number of benzene rings is 1. The van der Waals surface area contributed by atoms with Gasteiger partial charge in [-0.1, -0.05) is 18.2 Å². The minimum atomic E-state index is -0.888. The maximum atomic E-state index is 10.6. The molecule has 7 nitrogen and oxygen atoms in total. The molecule has 0 aliphatic heterocycles. The molecule has 0 radical (unpaired) electrons. The summed E-state index contributed by atoms with van der Waals surface area (Å²) in [5.74, 6) is -0.888. The lowest BCUT2D eigenvalue weighted by Gasteiger charge is -2.09. The summed E-state index contributed by atoms with van der Waals surface area (Å²) >= 11 is 0. The first-order valence-corrected chi connectivity index (χ1v) is 5.90. The summed E-state index contributed by atoms with van der Waals surface area (Å²) in [6.45, 7) is 3.58. The molecule has 0 amide bonds. The minimum absolute atomic E-state index is 0.00994. The van der Waals surface area contributed by atoms with Crippen LogP contribution in [-0.2, 0) is 4.79 Å². The Bertz CT molecular complexity index is 528. The zero-order chi connectivity index (χ0) is 15.0. The summed E-state index contributed by atoms with van der Waals surface area (Å²) in [6, 6.07) is 5.77. The second-order valence-electron chi connectivity index (χ2n) is 4.01. The van der Waals surface area contributed by atoms with Gasteiger partial charge in [0.15, 0.2) is 0 Å². The summed E-state index contributed by atoms with van der Waals surface area (Å²) < 4.78 is 0. The van der Waals surface area contributed by atoms with Gasteiger partial charge < -0.3 is 10.5 Å². The molecule has 1 aromatic rings. The maximum Gasteiger partial charge on any atom is 0.303 e. The van der Waals surface area contributed by atoms with Crippen LogP contribution in [0.25, 0.3) is 0 Å². The van der Waals surface area contributed by atoms with Gasteiger partial charge in [-0.25, -0.2) is 0 Å². The highest BCUT2D eigenvalue weighted by molar-refractivity contribution is 5.80. The number of hydrogen-bond donors (Lipinski definition) is 2. The number of carbonyl (C=O) groups is 1. The molecule has 0 fully saturated rings. The first-order chi connectivity index (χ1) is 9.52. The average Bonchev–Trinajstić information content (AvgIpc) is 2.42. The van der Waals surface area contributed by atoms with Gasteiger partial charge in [-0.3, -0.25) is 14.9 Å². The fraction of sp³-hybridized carbons (Fsp3) is 0.231. The van der Waals surface area contributed by atoms with Gasteiger partial charge >= 0.3 is 5.97 Å². The summed E-state index contributed by atoms with van der Waals surface area (Å²) in [4.78, 5) is 20.6. The van der Waals surface area contributed by atoms with Crippen LogP contribution in [0.5, 0.6) is 0 Å². The Morgan fingerprint density at radius 3 is 2.95 bits per heavy atom. The highest BCUT2D eigenvalue weighted by Crippen LogP contribution is 2.11. The van der Waals surface area contributed by atoms with E-state index in [0.717, 1.165) is 0 Å². The number of nitro benzene ring substituents is 1. The quantitative estimate of drug-likeness (QED) is 0.327. The topological polar surface area (TPSA) is 105 Å². The Hall–Kier alpha value is -2.70. The van der Waals surface area contributed by atoms with E-state index in [1.54, 1.807) is 18.2 Å². The van der Waals surface area contributed by atoms with Crippen molar-refractivity contribution in [1.29, 1.82) is 0 Å². The number of hydrogen-bond acceptors (Lipinski definition) is 5. The van der Waals surface area contributed by atoms with Crippen LogP contribution in [0, 0.1) is 10.1 Å². The van der Waals surface area contributed by atoms with Gasteiger partial charge in [-0.15, -0.1) is 6.58 Å². The molecule has 106 valence electrons. The number of nitrogens with one attached hydrogen (secondary N) is 1. The molecule has 0 aliphatic carbocycles. The van der Waals surface area contributed by atoms with Gasteiger partial charge in [0.2, 0.25) is 0 Å². The zero-order valence-corrected chi connectivity index (χ0v) is 10.7. The molecule has 0 bridgehead atoms. The van der Waals surface area contributed by atoms with E-state index in [0.29, 0.717) is 12.0 Å². The van der Waals surface area contributed by atoms with Crippen LogP contribution in [0.3, 0.4) is 0 Å². The Morgan fingerprint density at radius 2 is 2.35 bits per heavy atom. The second kappa shape index (κ2) is 7.67. The van der Waals surface area contributed by atoms with Crippen LogP contribution in [0.15, 0.2) is 42.0 Å². The fourth-order valence-corrected chi connectivity index (χ4v) is 1.44. The third-order valence-corrected chi connectivity index (χ3v) is 2.49. The van der Waals surface area contributed by atoms with E-state index in [9.17, 15) is 14.9 Å². The van der Waals surface area contributed by atoms with Crippen molar-refractivity contribution in [3.05, 3.63) is 52.6 Å². The maximum absolute atomic E-state index is 10.6. The third kappa shape index (κ3) is 5.30. The molecular formula is C13H15N3O4. The van der Waals surface area contributed by atoms with Crippen molar-refractivity contribution in [2.75, 3.05) is 0 Å². The first-order valence-electron chi connectivity index (χ1n) is 5.90. The monoisotopic (exact) mass is 277 g/mol. The molecule has 20 heavy (non-hydrogen) atoms. The molecule has 0 aromatic heterocycles. The molecule has 1 unspecified atom stereocenters. The van der Waals surface area contributed by atoms with Gasteiger partial charge in [-0.2, -0.15) is 5.10 Å². The molecule has 7 heteroatoms. The van der Waals surface area contributed by atoms with E-state index in [1.165, 1.54) is 18.3 Å². The average molecular weight is 277 g/mol. The summed E-state index contributed by atoms with van der Waals surface area (Å²) in [6.07, 6.45) is 3.37. The molecule has 0 aliphatic rings. The number of hydrazone groups is 1. The van der Waals surface area contributed by atoms with E-state index < -0.39 is 10.9 Å². The Balaban J connectivity index is 2.58. The van der Waals surface area contributed by atoms with E-state index >= 15 is 0 Å². The van der Waals surface area contributed by atoms with E-state index in [2.05, 4.69) is 17.1 Å². The summed E-state index contributed by atoms with van der Waals surface area (Å²) in [7, 11) is 0. The molecule has 1 atom stereocenters. The van der Waals surface area contributed by atoms with Gasteiger partial charge in [0.1, 0.15) is 0 Å². The zero-order valence-electron chi connectivity index (χ0n) is 10.7. The Kier molecular flexibility index (Phi) is 5.89. The van der Waals surface area contributed by atoms with Gasteiger partial charge in [0.25, 0.3) is 5.69 Å². The van der Waals surface area contributed by atoms with Gasteiger partial charge in [0, 0.05) is 24.1 Å². The minimum Gasteiger partial charge on any atom is -0.481 e. The van der Waals surface area contributed by atoms with E-state index in [-0.39, 0.29) is 18.2 Å². The molecule has 0 heterocycles. The van der Waals surface area contributed by atoms with Crippen LogP contribution in [-0.4, -0.2) is 28.3 Å². The lowest BCUT2D eigenvalue weighted by molar-refractivity contribution is -0.384. The van der Waals surface area contributed by atoms with Crippen LogP contribution >= 0.6 is 0 Å². The van der Waals surface area contributed by atoms with Crippen molar-refractivity contribution >= 4 is 17.9 Å². The first kappa shape index (κ1) is 15.4. The van der Waals surface area contributed by atoms with Crippen LogP contribution < -0.4 is 5.43 Å². The molecule has 1 rings (SSSR count). The molecule has 0 spiro atoms. The number of non-ortho nitro benzene ring substituents is 1. The second-order valence-corrected chi connectivity index (χ2v) is 4.01. The highest BCUT2D eigenvalue weighted by Gasteiger charge is 2.06. The predicted octanol–water partition coefficient (Wildman–Crippen LogP) is 1.94. The van der Waals surface area contributed by atoms with Crippen LogP contribution in [0.1, 0.15) is 18.4 Å². The lowest BCUT2D eigenvalue weighted by Crippen LogP contribution is -2.22. The standard InChI is InChI=1S/C13H15N3O4/c1-2-11(6-7-13(17)18)15-14-9-10-4-3-5-12(8-10)16(19)20/h2-5,8-9,11,15H,1,6-7H2,(H,17,18)/b14-9+. The molecule has 0 saturated carbocycles. The number of carboxylic acid groups (broad SMARTS) is 1. The SMILES string of the molecule is C=CC(CCC(=O)O)N/N=C/c1cccc([N+](=O)[O-])c1. The molecule has 1 aromatic carbocycles. The number of carboxylic acids is 1. The Morgan fingerprint density at radius 1 is 1.60 bits per heavy atom. The largest absolute Gasteiger partial charge is 0.481 e. The summed E-state index contributed by atoms with van der Waals surface area (Å²) in [5, 5.41) is 23.1. The number of aliphatic carboxylic acids is 1. The molecule has 2 N–H and O–H groups in total. The summed E-state index contributed by atoms with van der Waals surface area (Å²) in [5.41, 5.74) is 3.30. The third-order valence-electron chi connectivity index (χ3n) is 2.49. The van der Waals surface area contributed by atoms with Crippen molar-refractivity contribution in [3.63, 3.8) is 0 Å². The van der Waals surface area contributed by atoms with E-state index in [1.807, 2.05) is 0 Å². The van der Waals surface area contributed by atoms with Crippen molar-refractivity contribution < 1.29 is 14.8 Å². The van der Waals surface area contributed by atoms with Crippen molar-refractivity contribution in [2.45, 2.75) is 18.9 Å². The van der Waals surface area contributed by atoms with Crippen LogP contribution in [0.4, 0.5) is 5.69 Å². The van der Waals surface area contributed by atoms with Crippen molar-refractivity contribution in [2.24, 2.45) is 5.10 Å². The van der Waals surface area contributed by atoms with Gasteiger partial charge in [0.05, 0.1) is 17.2 Å². The number of rotatable bonds is 8. The number of nitro groups is 1. The molecule has 0 saturated heterocycles. The lowest BCUT2D eigenvalue weighted by atomic mass is 10.2. The van der Waals surface area contributed by atoms with Gasteiger partial charge in [-0.05, 0) is 6.42 Å². The van der Waals surface area contributed by atoms with E-state index in [4.69, 9.17) is 5.11 Å². The fourth-order valence-electron chi connectivity index (χ4n) is 1.44. The smallest absolute Gasteiger partial charge is 0.303 e. The van der Waals surface area contributed by atoms with Crippen LogP contribution in [0.2, 0.25) is 0 Å². The predicted molar refractivity (Wildman–Crippen MR) is 74.7 cm³/mol. The number of nitrogens with zero attached hydrogens (tertiary/aromatic N) is 2. The Labute approximate surface area is 115 Å². The van der Waals surface area contributed by atoms with Crippen molar-refractivity contribution in [1.82, 2.24) is 5.43 Å². The van der Waals surface area contributed by atoms with Crippen molar-refractivity contribution in [3.8, 4) is 0 Å².